The maximum atomic E-state index is 11.6. The number of rotatable bonds is 2. The van der Waals surface area contributed by atoms with Gasteiger partial charge in [0.25, 0.3) is 5.91 Å². The molecule has 8 heteroatoms. The molecule has 5 rings (SSSR count). The summed E-state index contributed by atoms with van der Waals surface area (Å²) in [6, 6.07) is 11.9. The van der Waals surface area contributed by atoms with Crippen molar-refractivity contribution in [3.05, 3.63) is 71.1 Å². The third-order valence-corrected chi connectivity index (χ3v) is 5.10. The Hall–Kier alpha value is -3.10. The average molecular weight is 362 g/mol. The van der Waals surface area contributed by atoms with Crippen LogP contribution < -0.4 is 5.73 Å². The smallest absolute Gasteiger partial charge is 0.288 e. The summed E-state index contributed by atoms with van der Waals surface area (Å²) in [7, 11) is 0. The van der Waals surface area contributed by atoms with E-state index in [1.165, 1.54) is 0 Å². The van der Waals surface area contributed by atoms with Crippen molar-refractivity contribution in [2.75, 3.05) is 13.2 Å². The molecule has 0 bridgehead atoms. The first-order chi connectivity index (χ1) is 13.1. The molecule has 3 aromatic rings. The van der Waals surface area contributed by atoms with Gasteiger partial charge in [-0.2, -0.15) is 0 Å². The van der Waals surface area contributed by atoms with Crippen LogP contribution in [0, 0.1) is 6.92 Å². The van der Waals surface area contributed by atoms with Gasteiger partial charge in [-0.15, -0.1) is 5.10 Å². The van der Waals surface area contributed by atoms with Gasteiger partial charge in [0.15, 0.2) is 5.72 Å². The van der Waals surface area contributed by atoms with Crippen LogP contribution in [0.25, 0.3) is 5.69 Å². The number of pyridine rings is 1. The fourth-order valence-electron chi connectivity index (χ4n) is 3.95. The molecular formula is C19H18N6O2. The minimum Gasteiger partial charge on any atom is -0.363 e. The van der Waals surface area contributed by atoms with Crippen molar-refractivity contribution in [2.45, 2.75) is 19.2 Å². The van der Waals surface area contributed by atoms with E-state index in [4.69, 9.17) is 10.5 Å². The summed E-state index contributed by atoms with van der Waals surface area (Å²) >= 11 is 0. The largest absolute Gasteiger partial charge is 0.363 e. The van der Waals surface area contributed by atoms with E-state index in [-0.39, 0.29) is 5.82 Å². The SMILES string of the molecule is Cc1ccc2c(c1)C1(c3ccccn3)OCCN1Cc1nc(C(N)=O)nn1-2. The number of carbonyl (C=O) groups excluding carboxylic acids is 1. The molecule has 2 aliphatic rings. The highest BCUT2D eigenvalue weighted by Crippen LogP contribution is 2.45. The quantitative estimate of drug-likeness (QED) is 0.733. The molecule has 1 saturated heterocycles. The molecule has 1 amide bonds. The molecule has 2 aromatic heterocycles. The fourth-order valence-corrected chi connectivity index (χ4v) is 3.95. The standard InChI is InChI=1S/C19H18N6O2/c1-12-5-6-14-13(10-12)19(15-4-2-3-7-21-15)24(8-9-27-19)11-16-22-18(17(20)26)23-25(14)16/h2-7,10H,8-9,11H2,1H3,(H2,20,26). The van der Waals surface area contributed by atoms with Gasteiger partial charge in [0, 0.05) is 18.3 Å². The zero-order valence-electron chi connectivity index (χ0n) is 14.8. The van der Waals surface area contributed by atoms with Crippen molar-refractivity contribution >= 4 is 5.91 Å². The Kier molecular flexibility index (Phi) is 3.40. The van der Waals surface area contributed by atoms with Crippen molar-refractivity contribution < 1.29 is 9.53 Å². The van der Waals surface area contributed by atoms with Gasteiger partial charge in [-0.05, 0) is 31.2 Å². The Morgan fingerprint density at radius 3 is 2.96 bits per heavy atom. The fraction of sp³-hybridized carbons (Fsp3) is 0.263. The molecular weight excluding hydrogens is 344 g/mol. The molecule has 1 aromatic carbocycles. The number of ether oxygens (including phenoxy) is 1. The van der Waals surface area contributed by atoms with Crippen molar-refractivity contribution in [1.29, 1.82) is 0 Å². The number of fused-ring (bicyclic) bond motifs is 5. The number of hydrogen-bond acceptors (Lipinski definition) is 6. The number of nitrogens with zero attached hydrogens (tertiary/aromatic N) is 5. The van der Waals surface area contributed by atoms with Crippen LogP contribution in [0.5, 0.6) is 0 Å². The lowest BCUT2D eigenvalue weighted by atomic mass is 9.94. The Balaban J connectivity index is 1.83. The molecule has 0 radical (unpaired) electrons. The Morgan fingerprint density at radius 2 is 2.19 bits per heavy atom. The number of aryl methyl sites for hydroxylation is 1. The summed E-state index contributed by atoms with van der Waals surface area (Å²) in [5, 5.41) is 4.36. The third-order valence-electron chi connectivity index (χ3n) is 5.10. The highest BCUT2D eigenvalue weighted by atomic mass is 16.5. The molecule has 4 heterocycles. The summed E-state index contributed by atoms with van der Waals surface area (Å²) in [6.45, 7) is 3.78. The molecule has 1 fully saturated rings. The lowest BCUT2D eigenvalue weighted by Crippen LogP contribution is -2.43. The Morgan fingerprint density at radius 1 is 1.30 bits per heavy atom. The molecule has 1 atom stereocenters. The third kappa shape index (κ3) is 2.23. The van der Waals surface area contributed by atoms with Gasteiger partial charge < -0.3 is 10.5 Å². The number of nitrogens with two attached hydrogens (primary N) is 1. The second-order valence-electron chi connectivity index (χ2n) is 6.78. The normalized spacial score (nSPS) is 21.2. The van der Waals surface area contributed by atoms with Gasteiger partial charge in [0.1, 0.15) is 5.82 Å². The number of benzene rings is 1. The lowest BCUT2D eigenvalue weighted by molar-refractivity contribution is -0.0585. The number of aromatic nitrogens is 4. The van der Waals surface area contributed by atoms with Gasteiger partial charge in [0.05, 0.1) is 24.5 Å². The van der Waals surface area contributed by atoms with E-state index in [1.54, 1.807) is 10.9 Å². The minimum absolute atomic E-state index is 0.0157. The summed E-state index contributed by atoms with van der Waals surface area (Å²) in [5.41, 5.74) is 8.24. The van der Waals surface area contributed by atoms with Crippen LogP contribution in [0.15, 0.2) is 42.6 Å². The number of hydrogen-bond donors (Lipinski definition) is 1. The van der Waals surface area contributed by atoms with Crippen LogP contribution in [0.1, 0.15) is 33.3 Å². The molecule has 0 spiro atoms. The van der Waals surface area contributed by atoms with Gasteiger partial charge in [-0.1, -0.05) is 17.7 Å². The first kappa shape index (κ1) is 16.1. The van der Waals surface area contributed by atoms with Crippen molar-refractivity contribution in [1.82, 2.24) is 24.6 Å². The van der Waals surface area contributed by atoms with E-state index in [1.807, 2.05) is 37.3 Å². The summed E-state index contributed by atoms with van der Waals surface area (Å²) < 4.78 is 8.07. The van der Waals surface area contributed by atoms with Crippen LogP contribution in [0.4, 0.5) is 0 Å². The summed E-state index contributed by atoms with van der Waals surface area (Å²) in [5.74, 6) is 0.0251. The monoisotopic (exact) mass is 362 g/mol. The van der Waals surface area contributed by atoms with E-state index in [2.05, 4.69) is 26.0 Å². The van der Waals surface area contributed by atoms with E-state index < -0.39 is 11.6 Å². The Labute approximate surface area is 155 Å². The second-order valence-corrected chi connectivity index (χ2v) is 6.78. The first-order valence-corrected chi connectivity index (χ1v) is 8.77. The molecule has 136 valence electrons. The molecule has 0 saturated carbocycles. The van der Waals surface area contributed by atoms with E-state index in [0.29, 0.717) is 25.5 Å². The van der Waals surface area contributed by atoms with Crippen LogP contribution in [-0.4, -0.2) is 43.7 Å². The highest BCUT2D eigenvalue weighted by molar-refractivity contribution is 5.88. The van der Waals surface area contributed by atoms with Gasteiger partial charge in [0.2, 0.25) is 5.82 Å². The molecule has 8 nitrogen and oxygen atoms in total. The molecule has 1 unspecified atom stereocenters. The minimum atomic E-state index is -0.822. The molecule has 0 aliphatic carbocycles. The van der Waals surface area contributed by atoms with Crippen molar-refractivity contribution in [3.63, 3.8) is 0 Å². The zero-order valence-corrected chi connectivity index (χ0v) is 14.8. The predicted octanol–water partition coefficient (Wildman–Crippen LogP) is 1.12. The zero-order chi connectivity index (χ0) is 18.6. The highest BCUT2D eigenvalue weighted by Gasteiger charge is 2.50. The number of primary amides is 1. The van der Waals surface area contributed by atoms with Crippen molar-refractivity contribution in [2.24, 2.45) is 5.73 Å². The summed E-state index contributed by atoms with van der Waals surface area (Å²) in [4.78, 5) is 22.8. The number of amides is 1. The van der Waals surface area contributed by atoms with Crippen LogP contribution in [0.2, 0.25) is 0 Å². The average Bonchev–Trinajstić information content (AvgIpc) is 3.26. The van der Waals surface area contributed by atoms with Gasteiger partial charge in [-0.25, -0.2) is 9.67 Å². The second kappa shape index (κ2) is 5.70. The van der Waals surface area contributed by atoms with Crippen molar-refractivity contribution in [3.8, 4) is 5.69 Å². The predicted molar refractivity (Wildman–Crippen MR) is 96.0 cm³/mol. The maximum Gasteiger partial charge on any atom is 0.288 e. The number of carbonyl (C=O) groups is 1. The van der Waals surface area contributed by atoms with E-state index in [0.717, 1.165) is 22.5 Å². The molecule has 27 heavy (non-hydrogen) atoms. The van der Waals surface area contributed by atoms with Gasteiger partial charge >= 0.3 is 0 Å². The van der Waals surface area contributed by atoms with Crippen LogP contribution in [0.3, 0.4) is 0 Å². The van der Waals surface area contributed by atoms with Gasteiger partial charge in [-0.3, -0.25) is 14.7 Å². The Bertz CT molecular complexity index is 1050. The van der Waals surface area contributed by atoms with Crippen LogP contribution in [-0.2, 0) is 17.0 Å². The van der Waals surface area contributed by atoms with Crippen LogP contribution >= 0.6 is 0 Å². The topological polar surface area (TPSA) is 99.2 Å². The lowest BCUT2D eigenvalue weighted by Gasteiger charge is -2.36. The summed E-state index contributed by atoms with van der Waals surface area (Å²) in [6.07, 6.45) is 1.77. The molecule has 2 N–H and O–H groups in total. The maximum absolute atomic E-state index is 11.6. The first-order valence-electron chi connectivity index (χ1n) is 8.77. The van der Waals surface area contributed by atoms with E-state index in [9.17, 15) is 4.79 Å². The molecule has 2 aliphatic heterocycles. The van der Waals surface area contributed by atoms with E-state index >= 15 is 0 Å².